The van der Waals surface area contributed by atoms with Crippen molar-refractivity contribution in [2.45, 2.75) is 31.0 Å². The highest BCUT2D eigenvalue weighted by atomic mass is 19.4. The second kappa shape index (κ2) is 7.87. The Kier molecular flexibility index (Phi) is 5.12. The first-order valence-electron chi connectivity index (χ1n) is 10.5. The summed E-state index contributed by atoms with van der Waals surface area (Å²) in [6.07, 6.45) is -2.77. The zero-order valence-electron chi connectivity index (χ0n) is 17.4. The number of aliphatic hydroxyl groups is 1. The average Bonchev–Trinajstić information content (AvgIpc) is 3.47. The molecule has 0 bridgehead atoms. The normalized spacial score (nSPS) is 20.0. The third kappa shape index (κ3) is 3.95. The number of alkyl halides is 3. The molecule has 33 heavy (non-hydrogen) atoms. The molecule has 1 saturated heterocycles. The molecule has 1 N–H and O–H groups in total. The van der Waals surface area contributed by atoms with Crippen molar-refractivity contribution in [2.24, 2.45) is 0 Å². The molecule has 1 atom stereocenters. The Labute approximate surface area is 186 Å². The van der Waals surface area contributed by atoms with E-state index in [1.54, 1.807) is 4.90 Å². The van der Waals surface area contributed by atoms with Crippen LogP contribution in [0.3, 0.4) is 0 Å². The number of amides is 1. The number of hydrogen-bond donors (Lipinski definition) is 1. The predicted molar refractivity (Wildman–Crippen MR) is 110 cm³/mol. The minimum absolute atomic E-state index is 0.0436. The molecule has 2 aromatic carbocycles. The molecule has 1 spiro atoms. The Morgan fingerprint density at radius 3 is 2.70 bits per heavy atom. The second-order valence-corrected chi connectivity index (χ2v) is 8.32. The summed E-state index contributed by atoms with van der Waals surface area (Å²) < 4.78 is 46.3. The Bertz CT molecular complexity index is 1190. The van der Waals surface area contributed by atoms with E-state index < -0.39 is 6.36 Å². The number of fused-ring (bicyclic) bond motifs is 2. The van der Waals surface area contributed by atoms with E-state index in [0.29, 0.717) is 30.9 Å². The number of benzene rings is 2. The summed E-state index contributed by atoms with van der Waals surface area (Å²) in [5, 5.41) is 13.3. The molecule has 0 radical (unpaired) electrons. The number of carbonyl (C=O) groups excluding carboxylic acids is 1. The van der Waals surface area contributed by atoms with Gasteiger partial charge in [-0.2, -0.15) is 4.98 Å². The van der Waals surface area contributed by atoms with Gasteiger partial charge in [-0.15, -0.1) is 13.2 Å². The smallest absolute Gasteiger partial charge is 0.406 e. The number of nitrogens with zero attached hydrogens (tertiary/aromatic N) is 3. The van der Waals surface area contributed by atoms with Crippen molar-refractivity contribution >= 4 is 5.91 Å². The summed E-state index contributed by atoms with van der Waals surface area (Å²) >= 11 is 0. The van der Waals surface area contributed by atoms with Crippen LogP contribution in [0.2, 0.25) is 0 Å². The molecule has 172 valence electrons. The molecule has 3 aromatic rings. The van der Waals surface area contributed by atoms with E-state index in [0.717, 1.165) is 29.5 Å². The fourth-order valence-corrected chi connectivity index (χ4v) is 4.89. The number of ether oxygens (including phenoxy) is 1. The highest BCUT2D eigenvalue weighted by molar-refractivity contribution is 5.82. The van der Waals surface area contributed by atoms with Gasteiger partial charge in [-0.1, -0.05) is 23.4 Å². The standard InChI is InChI=1S/C23H20F3N3O4/c24-23(25,26)32-15-6-4-14(5-7-15)21-27-20(28-33-21)17-2-1-3-18-16(17)8-9-22(18)12-19(31)29(13-22)10-11-30/h1-7,30H,8-13H2/t22-/m1/s1. The summed E-state index contributed by atoms with van der Waals surface area (Å²) in [5.41, 5.74) is 3.15. The van der Waals surface area contributed by atoms with Crippen LogP contribution in [-0.2, 0) is 16.6 Å². The zero-order valence-corrected chi connectivity index (χ0v) is 17.4. The second-order valence-electron chi connectivity index (χ2n) is 8.32. The maximum absolute atomic E-state index is 12.5. The Hall–Kier alpha value is -3.40. The molecule has 1 aliphatic carbocycles. The van der Waals surface area contributed by atoms with E-state index in [4.69, 9.17) is 4.52 Å². The summed E-state index contributed by atoms with van der Waals surface area (Å²) in [7, 11) is 0. The van der Waals surface area contributed by atoms with E-state index in [2.05, 4.69) is 14.9 Å². The van der Waals surface area contributed by atoms with Gasteiger partial charge in [0, 0.05) is 36.1 Å². The van der Waals surface area contributed by atoms with Gasteiger partial charge in [0.25, 0.3) is 5.89 Å². The number of hydrogen-bond acceptors (Lipinski definition) is 6. The molecule has 0 saturated carbocycles. The van der Waals surface area contributed by atoms with E-state index >= 15 is 0 Å². The van der Waals surface area contributed by atoms with Crippen molar-refractivity contribution in [1.29, 1.82) is 0 Å². The third-order valence-electron chi connectivity index (χ3n) is 6.31. The fraction of sp³-hybridized carbons (Fsp3) is 0.348. The molecule has 2 aliphatic rings. The highest BCUT2D eigenvalue weighted by Gasteiger charge is 2.48. The number of rotatable bonds is 5. The molecule has 1 aliphatic heterocycles. The van der Waals surface area contributed by atoms with Crippen LogP contribution in [0.1, 0.15) is 24.0 Å². The number of likely N-dealkylation sites (tertiary alicyclic amines) is 1. The van der Waals surface area contributed by atoms with E-state index in [-0.39, 0.29) is 29.6 Å². The minimum atomic E-state index is -4.76. The van der Waals surface area contributed by atoms with Gasteiger partial charge in [0.2, 0.25) is 11.7 Å². The number of carbonyl (C=O) groups is 1. The van der Waals surface area contributed by atoms with Crippen LogP contribution in [-0.4, -0.2) is 52.1 Å². The van der Waals surface area contributed by atoms with Gasteiger partial charge in [0.05, 0.1) is 6.61 Å². The van der Waals surface area contributed by atoms with Crippen LogP contribution in [0, 0.1) is 0 Å². The lowest BCUT2D eigenvalue weighted by molar-refractivity contribution is -0.274. The lowest BCUT2D eigenvalue weighted by Gasteiger charge is -2.24. The van der Waals surface area contributed by atoms with E-state index in [1.807, 2.05) is 18.2 Å². The maximum atomic E-state index is 12.5. The highest BCUT2D eigenvalue weighted by Crippen LogP contribution is 2.48. The van der Waals surface area contributed by atoms with Gasteiger partial charge < -0.3 is 19.3 Å². The number of aromatic nitrogens is 2. The van der Waals surface area contributed by atoms with E-state index in [9.17, 15) is 23.1 Å². The lowest BCUT2D eigenvalue weighted by Crippen LogP contribution is -2.32. The van der Waals surface area contributed by atoms with Crippen molar-refractivity contribution in [1.82, 2.24) is 15.0 Å². The molecule has 0 unspecified atom stereocenters. The van der Waals surface area contributed by atoms with Gasteiger partial charge in [-0.05, 0) is 48.2 Å². The van der Waals surface area contributed by atoms with Crippen LogP contribution in [0.25, 0.3) is 22.8 Å². The van der Waals surface area contributed by atoms with Crippen LogP contribution in [0.4, 0.5) is 13.2 Å². The zero-order chi connectivity index (χ0) is 23.2. The van der Waals surface area contributed by atoms with Crippen LogP contribution < -0.4 is 4.74 Å². The van der Waals surface area contributed by atoms with E-state index in [1.165, 1.54) is 24.3 Å². The first-order chi connectivity index (χ1) is 15.8. The average molecular weight is 459 g/mol. The number of aliphatic hydroxyl groups excluding tert-OH is 1. The topological polar surface area (TPSA) is 88.7 Å². The molecule has 1 aromatic heterocycles. The van der Waals surface area contributed by atoms with Crippen LogP contribution >= 0.6 is 0 Å². The molecular formula is C23H20F3N3O4. The molecule has 10 heteroatoms. The molecule has 2 heterocycles. The molecule has 7 nitrogen and oxygen atoms in total. The van der Waals surface area contributed by atoms with Gasteiger partial charge in [-0.25, -0.2) is 0 Å². The minimum Gasteiger partial charge on any atom is -0.406 e. The van der Waals surface area contributed by atoms with Crippen molar-refractivity contribution in [3.05, 3.63) is 53.6 Å². The summed E-state index contributed by atoms with van der Waals surface area (Å²) in [6, 6.07) is 11.0. The fourth-order valence-electron chi connectivity index (χ4n) is 4.89. The lowest BCUT2D eigenvalue weighted by atomic mass is 9.80. The van der Waals surface area contributed by atoms with Crippen molar-refractivity contribution in [2.75, 3.05) is 19.7 Å². The predicted octanol–water partition coefficient (Wildman–Crippen LogP) is 3.71. The Morgan fingerprint density at radius 2 is 1.97 bits per heavy atom. The molecule has 1 fully saturated rings. The summed E-state index contributed by atoms with van der Waals surface area (Å²) in [6.45, 7) is 0.840. The van der Waals surface area contributed by atoms with Crippen LogP contribution in [0.15, 0.2) is 47.0 Å². The number of β-amino-alcohol motifs (C(OH)–C–C–N with tert-alkyl or cyclic N) is 1. The molecule has 1 amide bonds. The maximum Gasteiger partial charge on any atom is 0.573 e. The molecular weight excluding hydrogens is 439 g/mol. The summed E-state index contributed by atoms with van der Waals surface area (Å²) in [4.78, 5) is 18.6. The largest absolute Gasteiger partial charge is 0.573 e. The van der Waals surface area contributed by atoms with Crippen molar-refractivity contribution in [3.63, 3.8) is 0 Å². The summed E-state index contributed by atoms with van der Waals surface area (Å²) in [5.74, 6) is 0.269. The van der Waals surface area contributed by atoms with Crippen molar-refractivity contribution in [3.8, 4) is 28.6 Å². The van der Waals surface area contributed by atoms with Crippen molar-refractivity contribution < 1.29 is 32.3 Å². The first-order valence-corrected chi connectivity index (χ1v) is 10.5. The van der Waals surface area contributed by atoms with Gasteiger partial charge in [-0.3, -0.25) is 4.79 Å². The monoisotopic (exact) mass is 459 g/mol. The first kappa shape index (κ1) is 21.4. The quantitative estimate of drug-likeness (QED) is 0.626. The van der Waals surface area contributed by atoms with Gasteiger partial charge in [0.15, 0.2) is 0 Å². The molecule has 5 rings (SSSR count). The number of halogens is 3. The third-order valence-corrected chi connectivity index (χ3v) is 6.31. The Morgan fingerprint density at radius 1 is 1.18 bits per heavy atom. The van der Waals surface area contributed by atoms with Gasteiger partial charge in [0.1, 0.15) is 5.75 Å². The van der Waals surface area contributed by atoms with Crippen LogP contribution in [0.5, 0.6) is 5.75 Å². The SMILES string of the molecule is O=C1C[C@]2(CCc3c(-c4noc(-c5ccc(OC(F)(F)F)cc5)n4)cccc32)CN1CCO. The Balaban J connectivity index is 1.42. The van der Waals surface area contributed by atoms with Gasteiger partial charge >= 0.3 is 6.36 Å².